The minimum atomic E-state index is -0.564. The van der Waals surface area contributed by atoms with Crippen molar-refractivity contribution in [3.8, 4) is 22.3 Å². The molecule has 0 aromatic heterocycles. The van der Waals surface area contributed by atoms with E-state index >= 15 is 0 Å². The van der Waals surface area contributed by atoms with Crippen LogP contribution in [0.1, 0.15) is 22.3 Å². The average Bonchev–Trinajstić information content (AvgIpc) is 3.30. The van der Waals surface area contributed by atoms with Gasteiger partial charge in [0.2, 0.25) is 0 Å². The number of rotatable bonds is 8. The molecule has 0 unspecified atom stereocenters. The van der Waals surface area contributed by atoms with Crippen molar-refractivity contribution in [2.24, 2.45) is 0 Å². The molecule has 0 aliphatic carbocycles. The van der Waals surface area contributed by atoms with Crippen LogP contribution in [0.3, 0.4) is 0 Å². The number of hydrogen-bond donors (Lipinski definition) is 0. The topological polar surface area (TPSA) is 6.48 Å². The van der Waals surface area contributed by atoms with Crippen molar-refractivity contribution in [1.29, 1.82) is 0 Å². The summed E-state index contributed by atoms with van der Waals surface area (Å²) in [4.78, 5) is 4.76. The van der Waals surface area contributed by atoms with Crippen LogP contribution < -0.4 is 9.80 Å². The van der Waals surface area contributed by atoms with E-state index in [1.165, 1.54) is 50.3 Å². The van der Waals surface area contributed by atoms with Gasteiger partial charge in [-0.15, -0.1) is 0 Å². The first-order chi connectivity index (χ1) is 28.3. The molecule has 0 saturated carbocycles. The van der Waals surface area contributed by atoms with Gasteiger partial charge in [-0.2, -0.15) is 0 Å². The van der Waals surface area contributed by atoms with E-state index in [0.717, 1.165) is 28.3 Å². The van der Waals surface area contributed by atoms with E-state index in [0.29, 0.717) is 0 Å². The summed E-state index contributed by atoms with van der Waals surface area (Å²) < 4.78 is 0. The number of anilines is 6. The maximum absolute atomic E-state index is 2.44. The second-order valence-corrected chi connectivity index (χ2v) is 14.5. The van der Waals surface area contributed by atoms with Gasteiger partial charge in [-0.05, 0) is 111 Å². The maximum atomic E-state index is 2.44. The molecule has 2 nitrogen and oxygen atoms in total. The van der Waals surface area contributed by atoms with Crippen LogP contribution in [-0.4, -0.2) is 0 Å². The number of benzene rings is 9. The Morgan fingerprint density at radius 1 is 0.298 bits per heavy atom. The molecule has 1 heterocycles. The van der Waals surface area contributed by atoms with Gasteiger partial charge in [0.1, 0.15) is 0 Å². The molecule has 1 aliphatic heterocycles. The highest BCUT2D eigenvalue weighted by Gasteiger charge is 2.46. The van der Waals surface area contributed by atoms with Gasteiger partial charge in [-0.25, -0.2) is 0 Å². The molecular weight excluding hydrogens is 689 g/mol. The third-order valence-corrected chi connectivity index (χ3v) is 11.3. The van der Waals surface area contributed by atoms with Crippen molar-refractivity contribution in [2.45, 2.75) is 5.41 Å². The van der Waals surface area contributed by atoms with Gasteiger partial charge in [0, 0.05) is 22.7 Å². The van der Waals surface area contributed by atoms with Crippen LogP contribution >= 0.6 is 0 Å². The highest BCUT2D eigenvalue weighted by atomic mass is 15.2. The van der Waals surface area contributed by atoms with Gasteiger partial charge < -0.3 is 9.80 Å². The summed E-state index contributed by atoms with van der Waals surface area (Å²) in [6.45, 7) is 0. The molecule has 0 radical (unpaired) electrons. The number of nitrogens with zero attached hydrogens (tertiary/aromatic N) is 2. The smallest absolute Gasteiger partial charge is 0.0742 e. The Morgan fingerprint density at radius 2 is 0.702 bits per heavy atom. The molecule has 270 valence electrons. The first kappa shape index (κ1) is 34.1. The van der Waals surface area contributed by atoms with Gasteiger partial charge in [-0.3, -0.25) is 0 Å². The van der Waals surface area contributed by atoms with Gasteiger partial charge in [0.05, 0.1) is 16.8 Å². The van der Waals surface area contributed by atoms with E-state index in [1.54, 1.807) is 0 Å². The maximum Gasteiger partial charge on any atom is 0.0742 e. The summed E-state index contributed by atoms with van der Waals surface area (Å²) in [5.74, 6) is 0. The lowest BCUT2D eigenvalue weighted by Gasteiger charge is -2.46. The Morgan fingerprint density at radius 3 is 1.28 bits per heavy atom. The fourth-order valence-electron chi connectivity index (χ4n) is 8.75. The standard InChI is InChI=1S/C55H40N2/c1-6-18-41(19-7-1)42-30-35-49(36-31-42)56(47-24-12-4-13-25-47)50-37-32-43(33-38-50)44-34-39-54-52(40-44)55(45-20-8-2-9-21-45,46-22-10-3-11-23-46)51-28-16-17-29-53(51)57(54)48-26-14-5-15-27-48/h1-40H. The van der Waals surface area contributed by atoms with E-state index in [2.05, 4.69) is 252 Å². The van der Waals surface area contributed by atoms with Crippen LogP contribution in [0.2, 0.25) is 0 Å². The summed E-state index contributed by atoms with van der Waals surface area (Å²) in [5, 5.41) is 0. The molecule has 0 amide bonds. The van der Waals surface area contributed by atoms with Crippen LogP contribution in [0, 0.1) is 0 Å². The molecule has 0 saturated heterocycles. The quantitative estimate of drug-likeness (QED) is 0.154. The van der Waals surface area contributed by atoms with E-state index in [9.17, 15) is 0 Å². The third-order valence-electron chi connectivity index (χ3n) is 11.3. The SMILES string of the molecule is c1ccc(-c2ccc(N(c3ccccc3)c3ccc(-c4ccc5c(c4)C(c4ccccc4)(c4ccccc4)c4ccccc4N5c4ccccc4)cc3)cc2)cc1. The van der Waals surface area contributed by atoms with Gasteiger partial charge in [0.25, 0.3) is 0 Å². The van der Waals surface area contributed by atoms with Gasteiger partial charge >= 0.3 is 0 Å². The molecule has 0 spiro atoms. The fraction of sp³-hybridized carbons (Fsp3) is 0.0182. The minimum Gasteiger partial charge on any atom is -0.311 e. The lowest BCUT2D eigenvalue weighted by atomic mass is 9.62. The molecule has 9 aromatic carbocycles. The number of hydrogen-bond acceptors (Lipinski definition) is 2. The predicted octanol–water partition coefficient (Wildman–Crippen LogP) is 14.7. The number of fused-ring (bicyclic) bond motifs is 2. The van der Waals surface area contributed by atoms with Gasteiger partial charge in [0.15, 0.2) is 0 Å². The highest BCUT2D eigenvalue weighted by Crippen LogP contribution is 2.58. The van der Waals surface area contributed by atoms with E-state index in [4.69, 9.17) is 0 Å². The van der Waals surface area contributed by atoms with Crippen LogP contribution in [0.15, 0.2) is 243 Å². The van der Waals surface area contributed by atoms with Crippen molar-refractivity contribution >= 4 is 34.1 Å². The molecular formula is C55H40N2. The third kappa shape index (κ3) is 6.00. The Bertz CT molecular complexity index is 2710. The Labute approximate surface area is 335 Å². The Balaban J connectivity index is 1.13. The normalized spacial score (nSPS) is 12.7. The van der Waals surface area contributed by atoms with Crippen molar-refractivity contribution in [3.63, 3.8) is 0 Å². The van der Waals surface area contributed by atoms with E-state index in [1.807, 2.05) is 0 Å². The average molecular weight is 729 g/mol. The summed E-state index contributed by atoms with van der Waals surface area (Å²) in [7, 11) is 0. The van der Waals surface area contributed by atoms with Crippen LogP contribution in [0.5, 0.6) is 0 Å². The number of para-hydroxylation sites is 3. The first-order valence-corrected chi connectivity index (χ1v) is 19.6. The summed E-state index contributed by atoms with van der Waals surface area (Å²) >= 11 is 0. The Hall–Kier alpha value is -7.42. The molecule has 1 aliphatic rings. The summed E-state index contributed by atoms with van der Waals surface area (Å²) in [6.07, 6.45) is 0. The van der Waals surface area contributed by atoms with Crippen LogP contribution in [0.4, 0.5) is 34.1 Å². The van der Waals surface area contributed by atoms with Crippen molar-refractivity contribution in [3.05, 3.63) is 265 Å². The monoisotopic (exact) mass is 728 g/mol. The zero-order valence-corrected chi connectivity index (χ0v) is 31.5. The molecule has 2 heteroatoms. The molecule has 0 atom stereocenters. The zero-order valence-electron chi connectivity index (χ0n) is 31.5. The second-order valence-electron chi connectivity index (χ2n) is 14.5. The molecule has 9 aromatic rings. The van der Waals surface area contributed by atoms with Gasteiger partial charge in [-0.1, -0.05) is 176 Å². The summed E-state index contributed by atoms with van der Waals surface area (Å²) in [6, 6.07) is 87.9. The largest absolute Gasteiger partial charge is 0.311 e. The molecule has 0 bridgehead atoms. The summed E-state index contributed by atoms with van der Waals surface area (Å²) in [5.41, 5.74) is 16.0. The lowest BCUT2D eigenvalue weighted by molar-refractivity contribution is 0.731. The molecule has 0 N–H and O–H groups in total. The zero-order chi connectivity index (χ0) is 38.0. The molecule has 0 fully saturated rings. The lowest BCUT2D eigenvalue weighted by Crippen LogP contribution is -2.37. The van der Waals surface area contributed by atoms with Crippen molar-refractivity contribution < 1.29 is 0 Å². The van der Waals surface area contributed by atoms with E-state index < -0.39 is 5.41 Å². The van der Waals surface area contributed by atoms with E-state index in [-0.39, 0.29) is 0 Å². The van der Waals surface area contributed by atoms with Crippen LogP contribution in [-0.2, 0) is 5.41 Å². The highest BCUT2D eigenvalue weighted by molar-refractivity contribution is 5.91. The Kier molecular flexibility index (Phi) is 8.78. The molecule has 57 heavy (non-hydrogen) atoms. The fourth-order valence-corrected chi connectivity index (χ4v) is 8.75. The molecule has 10 rings (SSSR count). The minimum absolute atomic E-state index is 0.564. The van der Waals surface area contributed by atoms with Crippen LogP contribution in [0.25, 0.3) is 22.3 Å². The second kappa shape index (κ2) is 14.7. The van der Waals surface area contributed by atoms with Crippen molar-refractivity contribution in [1.82, 2.24) is 0 Å². The predicted molar refractivity (Wildman–Crippen MR) is 239 cm³/mol. The first-order valence-electron chi connectivity index (χ1n) is 19.6. The van der Waals surface area contributed by atoms with Crippen molar-refractivity contribution in [2.75, 3.05) is 9.80 Å².